The highest BCUT2D eigenvalue weighted by molar-refractivity contribution is 8.13. The first-order valence-electron chi connectivity index (χ1n) is 12.9. The Morgan fingerprint density at radius 2 is 1.42 bits per heavy atom. The van der Waals surface area contributed by atoms with Crippen molar-refractivity contribution in [3.8, 4) is 11.3 Å². The quantitative estimate of drug-likeness (QED) is 0.197. The van der Waals surface area contributed by atoms with E-state index in [1.165, 1.54) is 30.3 Å². The van der Waals surface area contributed by atoms with Crippen molar-refractivity contribution in [1.82, 2.24) is 14.7 Å². The molecule has 0 unspecified atom stereocenters. The molecular weight excluding hydrogens is 620 g/mol. The summed E-state index contributed by atoms with van der Waals surface area (Å²) in [6.45, 7) is 8.44. The molecule has 0 aliphatic rings. The molecule has 1 heterocycles. The van der Waals surface area contributed by atoms with Crippen LogP contribution in [0.15, 0.2) is 82.6 Å². The van der Waals surface area contributed by atoms with E-state index in [4.69, 9.17) is 16.4 Å². The molecule has 43 heavy (non-hydrogen) atoms. The summed E-state index contributed by atoms with van der Waals surface area (Å²) < 4.78 is 74.4. The lowest BCUT2D eigenvalue weighted by Crippen LogP contribution is -2.38. The second kappa shape index (κ2) is 13.8. The molecule has 0 radical (unpaired) electrons. The molecule has 14 heteroatoms. The van der Waals surface area contributed by atoms with Crippen molar-refractivity contribution in [2.75, 3.05) is 24.1 Å². The molecule has 0 saturated heterocycles. The fraction of sp³-hybridized carbons (Fsp3) is 0.241. The normalized spacial score (nSPS) is 11.9. The summed E-state index contributed by atoms with van der Waals surface area (Å²) in [6.07, 6.45) is 0. The summed E-state index contributed by atoms with van der Waals surface area (Å²) in [5, 5.41) is 3.23. The van der Waals surface area contributed by atoms with E-state index in [1.807, 2.05) is 52.0 Å². The summed E-state index contributed by atoms with van der Waals surface area (Å²) in [5.74, 6) is -0.522. The lowest BCUT2D eigenvalue weighted by Gasteiger charge is -2.25. The maximum absolute atomic E-state index is 13.4. The average Bonchev–Trinajstić information content (AvgIpc) is 2.92. The molecule has 4 aromatic rings. The second-order valence-electron chi connectivity index (χ2n) is 10.4. The number of nitrogens with one attached hydrogen (secondary N) is 2. The standard InChI is InChI=1S/C23H28FN5O2S.C6H4ClFO2S/c1-15-7-5-10-19(16(15)2)20-12-21(29-22(25)28-20)26-13-23(3,4)14-27-32(30,31)18-9-6-8-17(24)11-18;7-11(9,10)6-3-1-2-5(8)4-6/h5-12,27H,13-14H2,1-4H3,(H3,25,26,28,29);1-4H. The molecule has 0 saturated carbocycles. The van der Waals surface area contributed by atoms with Crippen LogP contribution in [-0.2, 0) is 19.1 Å². The van der Waals surface area contributed by atoms with Crippen LogP contribution in [0.2, 0.25) is 0 Å². The van der Waals surface area contributed by atoms with Gasteiger partial charge in [-0.05, 0) is 66.8 Å². The van der Waals surface area contributed by atoms with Gasteiger partial charge in [0.2, 0.25) is 16.0 Å². The van der Waals surface area contributed by atoms with Gasteiger partial charge in [0.05, 0.1) is 15.5 Å². The first-order valence-corrected chi connectivity index (χ1v) is 16.7. The van der Waals surface area contributed by atoms with Crippen LogP contribution >= 0.6 is 10.7 Å². The van der Waals surface area contributed by atoms with Gasteiger partial charge in [-0.1, -0.05) is 44.2 Å². The molecule has 3 aromatic carbocycles. The number of anilines is 2. The predicted octanol–water partition coefficient (Wildman–Crippen LogP) is 5.65. The van der Waals surface area contributed by atoms with Crippen molar-refractivity contribution >= 4 is 41.5 Å². The third-order valence-electron chi connectivity index (χ3n) is 6.30. The number of sulfonamides is 1. The number of nitrogens with two attached hydrogens (primary N) is 1. The predicted molar refractivity (Wildman–Crippen MR) is 165 cm³/mol. The summed E-state index contributed by atoms with van der Waals surface area (Å²) in [4.78, 5) is 8.29. The average molecular weight is 652 g/mol. The lowest BCUT2D eigenvalue weighted by molar-refractivity contribution is 0.387. The third kappa shape index (κ3) is 9.95. The van der Waals surface area contributed by atoms with E-state index in [-0.39, 0.29) is 22.3 Å². The summed E-state index contributed by atoms with van der Waals surface area (Å²) >= 11 is 0. The molecule has 0 bridgehead atoms. The minimum Gasteiger partial charge on any atom is -0.369 e. The Bertz CT molecular complexity index is 1820. The van der Waals surface area contributed by atoms with Crippen LogP contribution in [0.25, 0.3) is 11.3 Å². The van der Waals surface area contributed by atoms with Crippen LogP contribution in [-0.4, -0.2) is 39.9 Å². The van der Waals surface area contributed by atoms with Gasteiger partial charge in [0.25, 0.3) is 9.05 Å². The van der Waals surface area contributed by atoms with Crippen LogP contribution < -0.4 is 15.8 Å². The molecule has 0 aliphatic heterocycles. The van der Waals surface area contributed by atoms with Gasteiger partial charge >= 0.3 is 0 Å². The Labute approximate surface area is 255 Å². The first-order chi connectivity index (χ1) is 20.0. The van der Waals surface area contributed by atoms with Gasteiger partial charge in [0.15, 0.2) is 0 Å². The number of benzene rings is 3. The second-order valence-corrected chi connectivity index (χ2v) is 14.8. The molecule has 230 valence electrons. The summed E-state index contributed by atoms with van der Waals surface area (Å²) in [7, 11) is -2.68. The molecule has 4 rings (SSSR count). The Morgan fingerprint density at radius 1 is 0.837 bits per heavy atom. The van der Waals surface area contributed by atoms with Crippen LogP contribution in [0.1, 0.15) is 25.0 Å². The maximum atomic E-state index is 13.4. The van der Waals surface area contributed by atoms with Crippen molar-refractivity contribution in [2.45, 2.75) is 37.5 Å². The van der Waals surface area contributed by atoms with Crippen molar-refractivity contribution in [2.24, 2.45) is 5.41 Å². The Kier molecular flexibility index (Phi) is 10.8. The highest BCUT2D eigenvalue weighted by atomic mass is 35.7. The molecule has 0 atom stereocenters. The van der Waals surface area contributed by atoms with Crippen molar-refractivity contribution in [3.63, 3.8) is 0 Å². The molecule has 0 spiro atoms. The van der Waals surface area contributed by atoms with Gasteiger partial charge in [-0.2, -0.15) is 4.98 Å². The Hall–Kier alpha value is -3.65. The van der Waals surface area contributed by atoms with E-state index in [2.05, 4.69) is 20.0 Å². The lowest BCUT2D eigenvalue weighted by atomic mass is 9.94. The van der Waals surface area contributed by atoms with E-state index < -0.39 is 36.1 Å². The highest BCUT2D eigenvalue weighted by Crippen LogP contribution is 2.27. The molecule has 0 fully saturated rings. The maximum Gasteiger partial charge on any atom is 0.261 e. The number of nitrogen functional groups attached to an aromatic ring is 1. The number of halogens is 3. The Balaban J connectivity index is 0.000000386. The van der Waals surface area contributed by atoms with E-state index in [9.17, 15) is 25.6 Å². The smallest absolute Gasteiger partial charge is 0.261 e. The number of aryl methyl sites for hydroxylation is 1. The minimum atomic E-state index is -3.82. The molecule has 9 nitrogen and oxygen atoms in total. The number of aromatic nitrogens is 2. The van der Waals surface area contributed by atoms with Crippen molar-refractivity contribution < 1.29 is 25.6 Å². The minimum absolute atomic E-state index is 0.108. The third-order valence-corrected chi connectivity index (χ3v) is 9.05. The van der Waals surface area contributed by atoms with Crippen LogP contribution in [0.5, 0.6) is 0 Å². The van der Waals surface area contributed by atoms with Gasteiger partial charge in [0, 0.05) is 35.4 Å². The van der Waals surface area contributed by atoms with Gasteiger partial charge in [-0.3, -0.25) is 0 Å². The monoisotopic (exact) mass is 651 g/mol. The van der Waals surface area contributed by atoms with E-state index >= 15 is 0 Å². The van der Waals surface area contributed by atoms with Gasteiger partial charge in [-0.25, -0.2) is 35.3 Å². The topological polar surface area (TPSA) is 144 Å². The van der Waals surface area contributed by atoms with Crippen LogP contribution in [0.4, 0.5) is 20.5 Å². The molecular formula is C29H32ClF2N5O4S2. The fourth-order valence-electron chi connectivity index (χ4n) is 3.74. The van der Waals surface area contributed by atoms with Gasteiger partial charge < -0.3 is 11.1 Å². The zero-order valence-corrected chi connectivity index (χ0v) is 26.3. The van der Waals surface area contributed by atoms with Crippen molar-refractivity contribution in [1.29, 1.82) is 0 Å². The molecule has 1 aromatic heterocycles. The SMILES string of the molecule is Cc1cccc(-c2cc(NCC(C)(C)CNS(=O)(=O)c3cccc(F)c3)nc(N)n2)c1C.O=S(=O)(Cl)c1cccc(F)c1. The van der Waals surface area contributed by atoms with Gasteiger partial charge in [-0.15, -0.1) is 0 Å². The largest absolute Gasteiger partial charge is 0.369 e. The first kappa shape index (κ1) is 33.8. The highest BCUT2D eigenvalue weighted by Gasteiger charge is 2.23. The number of hydrogen-bond acceptors (Lipinski definition) is 8. The molecule has 0 amide bonds. The van der Waals surface area contributed by atoms with E-state index in [0.29, 0.717) is 18.1 Å². The van der Waals surface area contributed by atoms with Crippen LogP contribution in [0, 0.1) is 30.9 Å². The molecule has 4 N–H and O–H groups in total. The van der Waals surface area contributed by atoms with Gasteiger partial charge in [0.1, 0.15) is 17.5 Å². The summed E-state index contributed by atoms with van der Waals surface area (Å²) in [6, 6.07) is 17.2. The number of rotatable bonds is 9. The zero-order chi connectivity index (χ0) is 32.0. The number of hydrogen-bond donors (Lipinski definition) is 3. The summed E-state index contributed by atoms with van der Waals surface area (Å²) in [5.41, 5.74) is 9.42. The van der Waals surface area contributed by atoms with E-state index in [0.717, 1.165) is 34.9 Å². The number of nitrogens with zero attached hydrogens (tertiary/aromatic N) is 2. The van der Waals surface area contributed by atoms with E-state index in [1.54, 1.807) is 0 Å². The molecule has 0 aliphatic carbocycles. The fourth-order valence-corrected chi connectivity index (χ4v) is 5.80. The van der Waals surface area contributed by atoms with Crippen LogP contribution in [0.3, 0.4) is 0 Å². The van der Waals surface area contributed by atoms with Crippen molar-refractivity contribution in [3.05, 3.63) is 95.6 Å². The zero-order valence-electron chi connectivity index (χ0n) is 23.9. The Morgan fingerprint density at radius 3 is 2.00 bits per heavy atom.